The minimum absolute atomic E-state index is 0.0148. The van der Waals surface area contributed by atoms with Gasteiger partial charge in [0.1, 0.15) is 11.9 Å². The molecule has 0 unspecified atom stereocenters. The zero-order valence-electron chi connectivity index (χ0n) is 11.9. The number of carbonyl (C=O) groups excluding carboxylic acids is 1. The lowest BCUT2D eigenvalue weighted by Gasteiger charge is -2.16. The van der Waals surface area contributed by atoms with E-state index in [9.17, 15) is 9.18 Å². The second-order valence-corrected chi connectivity index (χ2v) is 5.22. The summed E-state index contributed by atoms with van der Waals surface area (Å²) in [7, 11) is 0. The lowest BCUT2D eigenvalue weighted by Crippen LogP contribution is -2.28. The molecule has 1 aromatic heterocycles. The van der Waals surface area contributed by atoms with Crippen LogP contribution in [0.25, 0.3) is 0 Å². The van der Waals surface area contributed by atoms with E-state index in [0.29, 0.717) is 30.4 Å². The average Bonchev–Trinajstić information content (AvgIpc) is 3.15. The molecule has 6 nitrogen and oxygen atoms in total. The summed E-state index contributed by atoms with van der Waals surface area (Å²) in [5.74, 6) is 0.262. The molecular formula is C15H13FN4O2. The molecule has 1 aromatic carbocycles. The normalized spacial score (nSPS) is 17.5. The van der Waals surface area contributed by atoms with Crippen LogP contribution in [0.3, 0.4) is 0 Å². The van der Waals surface area contributed by atoms with Gasteiger partial charge in [-0.25, -0.2) is 4.39 Å². The first-order chi connectivity index (χ1) is 10.6. The summed E-state index contributed by atoms with van der Waals surface area (Å²) in [4.78, 5) is 18.3. The monoisotopic (exact) mass is 300 g/mol. The largest absolute Gasteiger partial charge is 0.339 e. The van der Waals surface area contributed by atoms with Crippen molar-refractivity contribution in [2.24, 2.45) is 0 Å². The molecule has 0 aliphatic carbocycles. The van der Waals surface area contributed by atoms with Crippen LogP contribution < -0.4 is 0 Å². The molecule has 0 radical (unpaired) electrons. The van der Waals surface area contributed by atoms with Crippen LogP contribution in [0, 0.1) is 24.1 Å². The van der Waals surface area contributed by atoms with Crippen LogP contribution in [0.4, 0.5) is 4.39 Å². The van der Waals surface area contributed by atoms with Gasteiger partial charge < -0.3 is 9.42 Å². The molecule has 0 N–H and O–H groups in total. The van der Waals surface area contributed by atoms with Gasteiger partial charge in [0.25, 0.3) is 5.91 Å². The minimum atomic E-state index is -0.625. The van der Waals surface area contributed by atoms with E-state index in [1.165, 1.54) is 12.1 Å². The number of rotatable bonds is 2. The standard InChI is InChI=1S/C15H13FN4O2/c1-9-18-14(22-19-9)11-4-5-20(8-11)15(21)10-2-3-13(16)12(6-10)7-17/h2-3,6,11H,4-5,8H2,1H3/t11-/m0/s1. The zero-order chi connectivity index (χ0) is 15.7. The molecule has 1 aliphatic heterocycles. The Balaban J connectivity index is 1.75. The minimum Gasteiger partial charge on any atom is -0.339 e. The van der Waals surface area contributed by atoms with Gasteiger partial charge in [-0.3, -0.25) is 4.79 Å². The Morgan fingerprint density at radius 3 is 3.05 bits per heavy atom. The predicted molar refractivity (Wildman–Crippen MR) is 73.4 cm³/mol. The molecule has 1 aliphatic rings. The van der Waals surface area contributed by atoms with Crippen LogP contribution in [-0.2, 0) is 0 Å². The predicted octanol–water partition coefficient (Wildman–Crippen LogP) is 2.02. The molecule has 2 aromatic rings. The smallest absolute Gasteiger partial charge is 0.253 e. The van der Waals surface area contributed by atoms with Crippen molar-refractivity contribution in [3.63, 3.8) is 0 Å². The summed E-state index contributed by atoms with van der Waals surface area (Å²) in [5, 5.41) is 12.6. The van der Waals surface area contributed by atoms with E-state index in [1.54, 1.807) is 17.9 Å². The molecule has 7 heteroatoms. The number of carbonyl (C=O) groups is 1. The first-order valence-electron chi connectivity index (χ1n) is 6.87. The molecule has 0 spiro atoms. The Labute approximate surface area is 126 Å². The average molecular weight is 300 g/mol. The van der Waals surface area contributed by atoms with Gasteiger partial charge in [-0.1, -0.05) is 5.16 Å². The molecule has 1 amide bonds. The maximum absolute atomic E-state index is 13.3. The lowest BCUT2D eigenvalue weighted by molar-refractivity contribution is 0.0789. The fourth-order valence-corrected chi connectivity index (χ4v) is 2.55. The molecule has 112 valence electrons. The van der Waals surface area contributed by atoms with Crippen LogP contribution in [-0.4, -0.2) is 34.0 Å². The zero-order valence-corrected chi connectivity index (χ0v) is 11.9. The molecule has 1 atom stereocenters. The summed E-state index contributed by atoms with van der Waals surface area (Å²) in [6.07, 6.45) is 0.736. The van der Waals surface area contributed by atoms with Gasteiger partial charge in [0.05, 0.1) is 11.5 Å². The summed E-state index contributed by atoms with van der Waals surface area (Å²) >= 11 is 0. The van der Waals surface area contributed by atoms with Crippen molar-refractivity contribution in [1.29, 1.82) is 5.26 Å². The third-order valence-corrected chi connectivity index (χ3v) is 3.70. The highest BCUT2D eigenvalue weighted by molar-refractivity contribution is 5.94. The van der Waals surface area contributed by atoms with Crippen LogP contribution in [0.15, 0.2) is 22.7 Å². The van der Waals surface area contributed by atoms with E-state index in [1.807, 2.05) is 0 Å². The number of hydrogen-bond donors (Lipinski definition) is 0. The molecule has 22 heavy (non-hydrogen) atoms. The Kier molecular flexibility index (Phi) is 3.59. The molecule has 0 bridgehead atoms. The SMILES string of the molecule is Cc1noc([C@H]2CCN(C(=O)c3ccc(F)c(C#N)c3)C2)n1. The first kappa shape index (κ1) is 14.2. The molecule has 1 saturated heterocycles. The highest BCUT2D eigenvalue weighted by atomic mass is 19.1. The van der Waals surface area contributed by atoms with E-state index < -0.39 is 5.82 Å². The van der Waals surface area contributed by atoms with Crippen molar-refractivity contribution in [2.75, 3.05) is 13.1 Å². The number of nitrogens with zero attached hydrogens (tertiary/aromatic N) is 4. The van der Waals surface area contributed by atoms with Gasteiger partial charge in [-0.15, -0.1) is 0 Å². The third-order valence-electron chi connectivity index (χ3n) is 3.70. The highest BCUT2D eigenvalue weighted by Gasteiger charge is 2.31. The van der Waals surface area contributed by atoms with Crippen LogP contribution in [0.2, 0.25) is 0 Å². The van der Waals surface area contributed by atoms with Crippen LogP contribution in [0.5, 0.6) is 0 Å². The Morgan fingerprint density at radius 1 is 1.55 bits per heavy atom. The van der Waals surface area contributed by atoms with Crippen LogP contribution in [0.1, 0.15) is 40.0 Å². The topological polar surface area (TPSA) is 83.0 Å². The quantitative estimate of drug-likeness (QED) is 0.847. The first-order valence-corrected chi connectivity index (χ1v) is 6.87. The number of aryl methyl sites for hydroxylation is 1. The van der Waals surface area contributed by atoms with Gasteiger partial charge in [0.2, 0.25) is 5.89 Å². The van der Waals surface area contributed by atoms with Gasteiger partial charge in [-0.2, -0.15) is 10.2 Å². The highest BCUT2D eigenvalue weighted by Crippen LogP contribution is 2.27. The number of nitriles is 1. The van der Waals surface area contributed by atoms with Gasteiger partial charge in [-0.05, 0) is 31.5 Å². The van der Waals surface area contributed by atoms with Gasteiger partial charge in [0.15, 0.2) is 5.82 Å². The Hall–Kier alpha value is -2.75. The molecule has 1 fully saturated rings. The molecule has 3 rings (SSSR count). The maximum atomic E-state index is 13.3. The van der Waals surface area contributed by atoms with E-state index >= 15 is 0 Å². The van der Waals surface area contributed by atoms with Gasteiger partial charge in [0, 0.05) is 18.7 Å². The van der Waals surface area contributed by atoms with Crippen LogP contribution >= 0.6 is 0 Å². The number of halogens is 1. The molecule has 2 heterocycles. The van der Waals surface area contributed by atoms with Crippen molar-refractivity contribution in [3.8, 4) is 6.07 Å². The summed E-state index contributed by atoms with van der Waals surface area (Å²) in [6.45, 7) is 2.77. The van der Waals surface area contributed by atoms with Crippen molar-refractivity contribution < 1.29 is 13.7 Å². The molecule has 0 saturated carbocycles. The van der Waals surface area contributed by atoms with Crippen molar-refractivity contribution in [3.05, 3.63) is 46.9 Å². The fraction of sp³-hybridized carbons (Fsp3) is 0.333. The number of aromatic nitrogens is 2. The van der Waals surface area contributed by atoms with E-state index in [2.05, 4.69) is 10.1 Å². The molecular weight excluding hydrogens is 287 g/mol. The van der Waals surface area contributed by atoms with Gasteiger partial charge >= 0.3 is 0 Å². The van der Waals surface area contributed by atoms with Crippen molar-refractivity contribution in [1.82, 2.24) is 15.0 Å². The van der Waals surface area contributed by atoms with E-state index in [4.69, 9.17) is 9.78 Å². The number of hydrogen-bond acceptors (Lipinski definition) is 5. The number of amides is 1. The second kappa shape index (κ2) is 5.56. The Bertz CT molecular complexity index is 765. The number of benzene rings is 1. The fourth-order valence-electron chi connectivity index (χ4n) is 2.55. The maximum Gasteiger partial charge on any atom is 0.253 e. The summed E-state index contributed by atoms with van der Waals surface area (Å²) in [5.41, 5.74) is 0.175. The Morgan fingerprint density at radius 2 is 2.36 bits per heavy atom. The number of likely N-dealkylation sites (tertiary alicyclic amines) is 1. The van der Waals surface area contributed by atoms with Crippen molar-refractivity contribution in [2.45, 2.75) is 19.3 Å². The lowest BCUT2D eigenvalue weighted by atomic mass is 10.1. The summed E-state index contributed by atoms with van der Waals surface area (Å²) in [6, 6.07) is 5.55. The van der Waals surface area contributed by atoms with E-state index in [-0.39, 0.29) is 17.4 Å². The van der Waals surface area contributed by atoms with Crippen molar-refractivity contribution >= 4 is 5.91 Å². The second-order valence-electron chi connectivity index (χ2n) is 5.22. The van der Waals surface area contributed by atoms with E-state index in [0.717, 1.165) is 12.5 Å². The summed E-state index contributed by atoms with van der Waals surface area (Å²) < 4.78 is 18.5. The third kappa shape index (κ3) is 2.55.